The van der Waals surface area contributed by atoms with Gasteiger partial charge < -0.3 is 24.6 Å². The van der Waals surface area contributed by atoms with Crippen molar-refractivity contribution in [1.29, 1.82) is 0 Å². The molecule has 0 heterocycles. The zero-order chi connectivity index (χ0) is 32.7. The number of aliphatic hydroxyl groups is 2. The SMILES string of the molecule is CCCCCCCCCCCCCCCCC(=O)OC(COC(=O)CCCCCCCCC)COP(=O)(O)OCC(O)CO. The molecular formula is C33H65O10P. The number of carbonyl (C=O) groups excluding carboxylic acids is 2. The molecule has 44 heavy (non-hydrogen) atoms. The molecule has 262 valence electrons. The van der Waals surface area contributed by atoms with E-state index in [1.807, 2.05) is 0 Å². The number of unbranched alkanes of at least 4 members (excludes halogenated alkanes) is 19. The molecule has 0 aromatic rings. The zero-order valence-corrected chi connectivity index (χ0v) is 28.8. The van der Waals surface area contributed by atoms with E-state index in [1.54, 1.807) is 0 Å². The molecule has 0 aliphatic carbocycles. The van der Waals surface area contributed by atoms with Gasteiger partial charge in [-0.15, -0.1) is 0 Å². The van der Waals surface area contributed by atoms with Crippen LogP contribution in [0.1, 0.15) is 162 Å². The van der Waals surface area contributed by atoms with Gasteiger partial charge in [-0.05, 0) is 12.8 Å². The Balaban J connectivity index is 4.34. The van der Waals surface area contributed by atoms with Crippen molar-refractivity contribution in [3.63, 3.8) is 0 Å². The number of aliphatic hydroxyl groups excluding tert-OH is 2. The van der Waals surface area contributed by atoms with Crippen LogP contribution in [0.25, 0.3) is 0 Å². The van der Waals surface area contributed by atoms with Gasteiger partial charge in [-0.1, -0.05) is 136 Å². The van der Waals surface area contributed by atoms with Crippen LogP contribution in [0.5, 0.6) is 0 Å². The van der Waals surface area contributed by atoms with Gasteiger partial charge in [0.1, 0.15) is 12.7 Å². The number of hydrogen-bond acceptors (Lipinski definition) is 9. The standard InChI is InChI=1S/C33H65O10P/c1-3-5-7-9-11-12-13-14-15-16-17-19-21-23-25-33(37)43-31(29-42-44(38,39)41-27-30(35)26-34)28-40-32(36)24-22-20-18-10-8-6-4-2/h30-31,34-35H,3-29H2,1-2H3,(H,38,39). The molecule has 0 spiro atoms. The Labute approximate surface area is 267 Å². The summed E-state index contributed by atoms with van der Waals surface area (Å²) in [6.07, 6.45) is 22.4. The summed E-state index contributed by atoms with van der Waals surface area (Å²) in [6.45, 7) is 2.32. The quantitative estimate of drug-likeness (QED) is 0.0362. The van der Waals surface area contributed by atoms with Crippen molar-refractivity contribution in [2.45, 2.75) is 174 Å². The molecule has 11 heteroatoms. The highest BCUT2D eigenvalue weighted by atomic mass is 31.2. The maximum Gasteiger partial charge on any atom is 0.472 e. The first-order chi connectivity index (χ1) is 21.2. The average molecular weight is 653 g/mol. The Hall–Kier alpha value is -1.03. The summed E-state index contributed by atoms with van der Waals surface area (Å²) < 4.78 is 32.4. The smallest absolute Gasteiger partial charge is 0.462 e. The topological polar surface area (TPSA) is 149 Å². The van der Waals surface area contributed by atoms with Gasteiger partial charge in [0.2, 0.25) is 0 Å². The van der Waals surface area contributed by atoms with E-state index in [-0.39, 0.29) is 19.4 Å². The Morgan fingerprint density at radius 1 is 0.591 bits per heavy atom. The lowest BCUT2D eigenvalue weighted by Crippen LogP contribution is -2.29. The molecule has 10 nitrogen and oxygen atoms in total. The van der Waals surface area contributed by atoms with Crippen LogP contribution in [0.15, 0.2) is 0 Å². The molecule has 0 bridgehead atoms. The van der Waals surface area contributed by atoms with Gasteiger partial charge in [0.15, 0.2) is 6.10 Å². The summed E-state index contributed by atoms with van der Waals surface area (Å²) in [6, 6.07) is 0. The minimum absolute atomic E-state index is 0.191. The predicted octanol–water partition coefficient (Wildman–Crippen LogP) is 7.94. The maximum absolute atomic E-state index is 12.5. The number of carbonyl (C=O) groups is 2. The Morgan fingerprint density at radius 2 is 0.977 bits per heavy atom. The lowest BCUT2D eigenvalue weighted by Gasteiger charge is -2.20. The summed E-state index contributed by atoms with van der Waals surface area (Å²) in [7, 11) is -4.59. The van der Waals surface area contributed by atoms with Gasteiger partial charge in [-0.2, -0.15) is 0 Å². The minimum atomic E-state index is -4.59. The lowest BCUT2D eigenvalue weighted by atomic mass is 10.0. The average Bonchev–Trinajstić information content (AvgIpc) is 3.00. The van der Waals surface area contributed by atoms with E-state index in [0.717, 1.165) is 38.5 Å². The Kier molecular flexibility index (Phi) is 29.9. The molecule has 0 aromatic heterocycles. The predicted molar refractivity (Wildman–Crippen MR) is 173 cm³/mol. The summed E-state index contributed by atoms with van der Waals surface area (Å²) in [5.74, 6) is -0.925. The number of ether oxygens (including phenoxy) is 2. The van der Waals surface area contributed by atoms with Gasteiger partial charge in [0, 0.05) is 12.8 Å². The number of phosphoric acid groups is 1. The molecule has 0 rings (SSSR count). The Morgan fingerprint density at radius 3 is 1.41 bits per heavy atom. The van der Waals surface area contributed by atoms with Gasteiger partial charge in [-0.3, -0.25) is 18.6 Å². The van der Waals surface area contributed by atoms with Crippen LogP contribution < -0.4 is 0 Å². The van der Waals surface area contributed by atoms with E-state index < -0.39 is 51.8 Å². The molecule has 0 saturated carbocycles. The second-order valence-corrected chi connectivity index (χ2v) is 13.4. The number of esters is 2. The van der Waals surface area contributed by atoms with E-state index in [0.29, 0.717) is 12.8 Å². The largest absolute Gasteiger partial charge is 0.472 e. The minimum Gasteiger partial charge on any atom is -0.462 e. The summed E-state index contributed by atoms with van der Waals surface area (Å²) >= 11 is 0. The highest BCUT2D eigenvalue weighted by Gasteiger charge is 2.27. The molecule has 3 N–H and O–H groups in total. The van der Waals surface area contributed by atoms with Gasteiger partial charge >= 0.3 is 19.8 Å². The molecule has 0 amide bonds. The first kappa shape index (κ1) is 43.0. The van der Waals surface area contributed by atoms with Crippen LogP contribution in [0.3, 0.4) is 0 Å². The highest BCUT2D eigenvalue weighted by Crippen LogP contribution is 2.43. The second-order valence-electron chi connectivity index (χ2n) is 11.9. The molecule has 0 saturated heterocycles. The van der Waals surface area contributed by atoms with Crippen LogP contribution in [0, 0.1) is 0 Å². The fraction of sp³-hybridized carbons (Fsp3) is 0.939. The van der Waals surface area contributed by atoms with Crippen molar-refractivity contribution in [2.75, 3.05) is 26.4 Å². The first-order valence-corrected chi connectivity index (χ1v) is 19.0. The highest BCUT2D eigenvalue weighted by molar-refractivity contribution is 7.47. The van der Waals surface area contributed by atoms with Crippen LogP contribution in [0.2, 0.25) is 0 Å². The van der Waals surface area contributed by atoms with Crippen molar-refractivity contribution in [2.24, 2.45) is 0 Å². The molecule has 0 aromatic carbocycles. The van der Waals surface area contributed by atoms with Crippen LogP contribution in [-0.4, -0.2) is 65.7 Å². The molecule has 3 atom stereocenters. The second kappa shape index (κ2) is 30.6. The van der Waals surface area contributed by atoms with E-state index in [4.69, 9.17) is 19.1 Å². The molecule has 0 aliphatic rings. The van der Waals surface area contributed by atoms with Crippen molar-refractivity contribution in [3.8, 4) is 0 Å². The molecule has 0 aliphatic heterocycles. The zero-order valence-electron chi connectivity index (χ0n) is 27.9. The van der Waals surface area contributed by atoms with Crippen LogP contribution in [-0.2, 0) is 32.7 Å². The van der Waals surface area contributed by atoms with Crippen molar-refractivity contribution in [1.82, 2.24) is 0 Å². The lowest BCUT2D eigenvalue weighted by molar-refractivity contribution is -0.161. The van der Waals surface area contributed by atoms with Crippen molar-refractivity contribution in [3.05, 3.63) is 0 Å². The Bertz CT molecular complexity index is 721. The van der Waals surface area contributed by atoms with Crippen molar-refractivity contribution >= 4 is 19.8 Å². The number of phosphoric ester groups is 1. The molecule has 3 unspecified atom stereocenters. The molecule has 0 radical (unpaired) electrons. The van der Waals surface area contributed by atoms with Gasteiger partial charge in [0.25, 0.3) is 0 Å². The fourth-order valence-electron chi connectivity index (χ4n) is 4.76. The normalized spacial score (nSPS) is 14.2. The number of hydrogen-bond donors (Lipinski definition) is 3. The summed E-state index contributed by atoms with van der Waals surface area (Å²) in [5, 5.41) is 18.2. The van der Waals surface area contributed by atoms with Crippen LogP contribution >= 0.6 is 7.82 Å². The first-order valence-electron chi connectivity index (χ1n) is 17.5. The third kappa shape index (κ3) is 29.7. The molecule has 0 fully saturated rings. The fourth-order valence-corrected chi connectivity index (χ4v) is 5.55. The van der Waals surface area contributed by atoms with Crippen LogP contribution in [0.4, 0.5) is 0 Å². The molecular weight excluding hydrogens is 587 g/mol. The third-order valence-electron chi connectivity index (χ3n) is 7.51. The summed E-state index contributed by atoms with van der Waals surface area (Å²) in [5.41, 5.74) is 0. The van der Waals surface area contributed by atoms with Crippen molar-refractivity contribution < 1.29 is 47.8 Å². The van der Waals surface area contributed by atoms with E-state index in [1.165, 1.54) is 83.5 Å². The maximum atomic E-state index is 12.5. The number of rotatable bonds is 33. The van der Waals surface area contributed by atoms with E-state index in [9.17, 15) is 24.2 Å². The third-order valence-corrected chi connectivity index (χ3v) is 8.46. The monoisotopic (exact) mass is 652 g/mol. The summed E-state index contributed by atoms with van der Waals surface area (Å²) in [4.78, 5) is 34.5. The van der Waals surface area contributed by atoms with E-state index >= 15 is 0 Å². The van der Waals surface area contributed by atoms with E-state index in [2.05, 4.69) is 18.4 Å². The van der Waals surface area contributed by atoms with Gasteiger partial charge in [0.05, 0.1) is 19.8 Å². The van der Waals surface area contributed by atoms with Gasteiger partial charge in [-0.25, -0.2) is 4.57 Å².